The summed E-state index contributed by atoms with van der Waals surface area (Å²) in [5.41, 5.74) is 0.128. The highest BCUT2D eigenvalue weighted by atomic mass is 35.5. The molecule has 1 atom stereocenters. The molecule has 1 saturated heterocycles. The van der Waals surface area contributed by atoms with Crippen molar-refractivity contribution in [3.05, 3.63) is 39.2 Å². The van der Waals surface area contributed by atoms with Gasteiger partial charge in [0.25, 0.3) is 11.6 Å². The molecular weight excluding hydrogens is 284 g/mol. The Morgan fingerprint density at radius 3 is 3.05 bits per heavy atom. The molecule has 1 fully saturated rings. The van der Waals surface area contributed by atoms with Crippen LogP contribution in [0.1, 0.15) is 24.7 Å². The molecule has 0 saturated carbocycles. The Morgan fingerprint density at radius 1 is 1.50 bits per heavy atom. The third-order valence-corrected chi connectivity index (χ3v) is 3.44. The van der Waals surface area contributed by atoms with Gasteiger partial charge in [0, 0.05) is 11.1 Å². The van der Waals surface area contributed by atoms with Crippen molar-refractivity contribution in [2.45, 2.75) is 18.9 Å². The largest absolute Gasteiger partial charge is 0.334 e. The van der Waals surface area contributed by atoms with E-state index in [0.29, 0.717) is 5.82 Å². The summed E-state index contributed by atoms with van der Waals surface area (Å²) < 4.78 is 5.15. The van der Waals surface area contributed by atoms with Gasteiger partial charge in [0.05, 0.1) is 11.0 Å². The number of aromatic nitrogens is 2. The van der Waals surface area contributed by atoms with Crippen LogP contribution >= 0.6 is 11.6 Å². The van der Waals surface area contributed by atoms with Gasteiger partial charge in [-0.25, -0.2) is 0 Å². The van der Waals surface area contributed by atoms with Crippen molar-refractivity contribution in [3.63, 3.8) is 0 Å². The van der Waals surface area contributed by atoms with Gasteiger partial charge in [-0.05, 0) is 31.5 Å². The lowest BCUT2D eigenvalue weighted by atomic mass is 10.2. The average Bonchev–Trinajstić information content (AvgIpc) is 3.09. The summed E-state index contributed by atoms with van der Waals surface area (Å²) in [6.07, 6.45) is 1.98. The van der Waals surface area contributed by atoms with Crippen LogP contribution in [0.5, 0.6) is 0 Å². The summed E-state index contributed by atoms with van der Waals surface area (Å²) in [4.78, 5) is 14.8. The molecule has 3 rings (SSSR count). The maximum Gasteiger partial charge on any atom is 0.283 e. The fourth-order valence-electron chi connectivity index (χ4n) is 2.23. The van der Waals surface area contributed by atoms with Crippen LogP contribution in [0.2, 0.25) is 5.02 Å². The molecular formula is C12H11ClN4O3. The van der Waals surface area contributed by atoms with E-state index >= 15 is 0 Å². The molecule has 0 bridgehead atoms. The Kier molecular flexibility index (Phi) is 3.37. The van der Waals surface area contributed by atoms with Crippen LogP contribution in [0.3, 0.4) is 0 Å². The first-order valence-electron chi connectivity index (χ1n) is 6.16. The smallest absolute Gasteiger partial charge is 0.283 e. The molecule has 1 aliphatic heterocycles. The molecule has 1 aliphatic rings. The highest BCUT2D eigenvalue weighted by Crippen LogP contribution is 2.32. The fourth-order valence-corrected chi connectivity index (χ4v) is 2.39. The molecule has 0 radical (unpaired) electrons. The number of nitro groups is 1. The second-order valence-electron chi connectivity index (χ2n) is 4.53. The monoisotopic (exact) mass is 294 g/mol. The molecule has 0 aliphatic carbocycles. The molecule has 1 aromatic heterocycles. The molecule has 7 nitrogen and oxygen atoms in total. The SMILES string of the molecule is O=[N+]([O-])c1cc(Cl)ccc1-c1nc(C2CCCN2)no1. The summed E-state index contributed by atoms with van der Waals surface area (Å²) in [6.45, 7) is 0.912. The van der Waals surface area contributed by atoms with Crippen molar-refractivity contribution in [2.24, 2.45) is 0 Å². The number of hydrogen-bond acceptors (Lipinski definition) is 6. The minimum atomic E-state index is -0.515. The molecule has 8 heteroatoms. The predicted octanol–water partition coefficient (Wildman–Crippen LogP) is 2.72. The summed E-state index contributed by atoms with van der Waals surface area (Å²) in [5, 5.41) is 18.5. The highest BCUT2D eigenvalue weighted by molar-refractivity contribution is 6.30. The van der Waals surface area contributed by atoms with Crippen LogP contribution in [-0.4, -0.2) is 21.6 Å². The Bertz CT molecular complexity index is 652. The second-order valence-corrected chi connectivity index (χ2v) is 4.96. The standard InChI is InChI=1S/C12H11ClN4O3/c13-7-3-4-8(10(6-7)17(18)19)12-15-11(16-20-12)9-2-1-5-14-9/h3-4,6,9,14H,1-2,5H2. The summed E-state index contributed by atoms with van der Waals surface area (Å²) in [5.74, 6) is 0.666. The molecule has 2 heterocycles. The van der Waals surface area contributed by atoms with E-state index in [0.717, 1.165) is 19.4 Å². The molecule has 1 N–H and O–H groups in total. The number of hydrogen-bond donors (Lipinski definition) is 1. The number of benzene rings is 1. The molecule has 1 aromatic carbocycles. The number of nitrogens with zero attached hydrogens (tertiary/aromatic N) is 3. The maximum absolute atomic E-state index is 11.1. The van der Waals surface area contributed by atoms with Crippen molar-refractivity contribution in [1.29, 1.82) is 0 Å². The normalized spacial score (nSPS) is 18.4. The van der Waals surface area contributed by atoms with Gasteiger partial charge in [-0.1, -0.05) is 16.8 Å². The van der Waals surface area contributed by atoms with Gasteiger partial charge in [-0.2, -0.15) is 4.98 Å². The molecule has 0 amide bonds. The lowest BCUT2D eigenvalue weighted by molar-refractivity contribution is -0.384. The van der Waals surface area contributed by atoms with E-state index in [1.165, 1.54) is 12.1 Å². The molecule has 2 aromatic rings. The highest BCUT2D eigenvalue weighted by Gasteiger charge is 2.25. The summed E-state index contributed by atoms with van der Waals surface area (Å²) >= 11 is 5.78. The van der Waals surface area contributed by atoms with Crippen LogP contribution in [-0.2, 0) is 0 Å². The Labute approximate surface area is 119 Å². The predicted molar refractivity (Wildman–Crippen MR) is 71.4 cm³/mol. The Hall–Kier alpha value is -1.99. The van der Waals surface area contributed by atoms with Crippen molar-refractivity contribution in [1.82, 2.24) is 15.5 Å². The number of nitro benzene ring substituents is 1. The van der Waals surface area contributed by atoms with E-state index in [9.17, 15) is 10.1 Å². The quantitative estimate of drug-likeness (QED) is 0.691. The third-order valence-electron chi connectivity index (χ3n) is 3.20. The molecule has 104 valence electrons. The van der Waals surface area contributed by atoms with E-state index in [-0.39, 0.29) is 28.2 Å². The van der Waals surface area contributed by atoms with Crippen LogP contribution in [0.15, 0.2) is 22.7 Å². The lowest BCUT2D eigenvalue weighted by Crippen LogP contribution is -2.14. The third kappa shape index (κ3) is 2.37. The van der Waals surface area contributed by atoms with Gasteiger partial charge in [0.2, 0.25) is 0 Å². The van der Waals surface area contributed by atoms with Gasteiger partial charge in [-0.15, -0.1) is 0 Å². The van der Waals surface area contributed by atoms with E-state index in [1.807, 2.05) is 0 Å². The van der Waals surface area contributed by atoms with Gasteiger partial charge in [0.15, 0.2) is 5.82 Å². The first-order valence-corrected chi connectivity index (χ1v) is 6.54. The van der Waals surface area contributed by atoms with Gasteiger partial charge >= 0.3 is 0 Å². The maximum atomic E-state index is 11.1. The number of nitrogens with one attached hydrogen (secondary N) is 1. The zero-order valence-corrected chi connectivity index (χ0v) is 11.1. The first kappa shape index (κ1) is 13.0. The Balaban J connectivity index is 1.98. The van der Waals surface area contributed by atoms with E-state index in [2.05, 4.69) is 15.5 Å². The zero-order valence-electron chi connectivity index (χ0n) is 10.4. The zero-order chi connectivity index (χ0) is 14.1. The van der Waals surface area contributed by atoms with Crippen molar-refractivity contribution < 1.29 is 9.45 Å². The van der Waals surface area contributed by atoms with Gasteiger partial charge in [0.1, 0.15) is 5.56 Å². The average molecular weight is 295 g/mol. The molecule has 20 heavy (non-hydrogen) atoms. The van der Waals surface area contributed by atoms with Crippen LogP contribution in [0, 0.1) is 10.1 Å². The van der Waals surface area contributed by atoms with Gasteiger partial charge in [-0.3, -0.25) is 10.1 Å². The summed E-state index contributed by atoms with van der Waals surface area (Å²) in [7, 11) is 0. The van der Waals surface area contributed by atoms with E-state index in [4.69, 9.17) is 16.1 Å². The topological polar surface area (TPSA) is 94.1 Å². The minimum Gasteiger partial charge on any atom is -0.334 e. The number of halogens is 1. The Morgan fingerprint density at radius 2 is 2.35 bits per heavy atom. The second kappa shape index (κ2) is 5.18. The van der Waals surface area contributed by atoms with Crippen LogP contribution in [0.25, 0.3) is 11.5 Å². The van der Waals surface area contributed by atoms with Crippen molar-refractivity contribution in [2.75, 3.05) is 6.54 Å². The summed E-state index contributed by atoms with van der Waals surface area (Å²) in [6, 6.07) is 4.40. The van der Waals surface area contributed by atoms with E-state index < -0.39 is 4.92 Å². The van der Waals surface area contributed by atoms with Crippen LogP contribution < -0.4 is 5.32 Å². The fraction of sp³-hybridized carbons (Fsp3) is 0.333. The van der Waals surface area contributed by atoms with Crippen LogP contribution in [0.4, 0.5) is 5.69 Å². The van der Waals surface area contributed by atoms with Crippen molar-refractivity contribution >= 4 is 17.3 Å². The molecule has 1 unspecified atom stereocenters. The van der Waals surface area contributed by atoms with E-state index in [1.54, 1.807) is 6.07 Å². The minimum absolute atomic E-state index is 0.0545. The van der Waals surface area contributed by atoms with Gasteiger partial charge < -0.3 is 9.84 Å². The number of rotatable bonds is 3. The molecule has 0 spiro atoms. The van der Waals surface area contributed by atoms with Crippen molar-refractivity contribution in [3.8, 4) is 11.5 Å². The lowest BCUT2D eigenvalue weighted by Gasteiger charge is -2.01. The first-order chi connectivity index (χ1) is 9.65.